The minimum Gasteiger partial charge on any atom is -0.497 e. The third kappa shape index (κ3) is 7.22. The number of guanidine groups is 1. The number of aromatic nitrogens is 1. The molecule has 0 amide bonds. The molecule has 0 aliphatic carbocycles. The number of ether oxygens (including phenoxy) is 1. The van der Waals surface area contributed by atoms with Crippen LogP contribution in [-0.4, -0.2) is 55.8 Å². The summed E-state index contributed by atoms with van der Waals surface area (Å²) in [4.78, 5) is 6.98. The molecule has 3 rings (SSSR count). The highest BCUT2D eigenvalue weighted by Gasteiger charge is 2.22. The summed E-state index contributed by atoms with van der Waals surface area (Å²) in [6.07, 6.45) is 8.04. The van der Waals surface area contributed by atoms with E-state index in [4.69, 9.17) is 4.74 Å². The van der Waals surface area contributed by atoms with Gasteiger partial charge in [-0.1, -0.05) is 18.6 Å². The average Bonchev–Trinajstić information content (AvgIpc) is 3.27. The molecule has 1 aliphatic rings. The molecule has 0 spiro atoms. The van der Waals surface area contributed by atoms with Crippen molar-refractivity contribution < 1.29 is 4.74 Å². The van der Waals surface area contributed by atoms with Crippen molar-refractivity contribution in [1.82, 2.24) is 20.1 Å². The maximum Gasteiger partial charge on any atom is 0.191 e. The van der Waals surface area contributed by atoms with Crippen LogP contribution in [0.25, 0.3) is 0 Å². The molecular weight excluding hydrogens is 477 g/mol. The van der Waals surface area contributed by atoms with Crippen LogP contribution in [0.2, 0.25) is 0 Å². The first-order chi connectivity index (χ1) is 13.8. The molecule has 1 fully saturated rings. The van der Waals surface area contributed by atoms with Gasteiger partial charge in [-0.25, -0.2) is 0 Å². The van der Waals surface area contributed by atoms with E-state index in [2.05, 4.69) is 61.8 Å². The zero-order valence-corrected chi connectivity index (χ0v) is 19.8. The lowest BCUT2D eigenvalue weighted by Gasteiger charge is -2.35. The minimum atomic E-state index is 0. The fourth-order valence-corrected chi connectivity index (χ4v) is 3.75. The van der Waals surface area contributed by atoms with Gasteiger partial charge in [0.05, 0.1) is 13.2 Å². The summed E-state index contributed by atoms with van der Waals surface area (Å²) in [5.74, 6) is 1.75. The van der Waals surface area contributed by atoms with Crippen molar-refractivity contribution in [1.29, 1.82) is 0 Å². The van der Waals surface area contributed by atoms with Crippen molar-refractivity contribution in [2.45, 2.75) is 31.8 Å². The maximum atomic E-state index is 5.32. The van der Waals surface area contributed by atoms with Crippen LogP contribution in [0.15, 0.2) is 53.8 Å². The van der Waals surface area contributed by atoms with E-state index in [-0.39, 0.29) is 24.0 Å². The first kappa shape index (κ1) is 23.5. The lowest BCUT2D eigenvalue weighted by Crippen LogP contribution is -2.45. The molecule has 2 N–H and O–H groups in total. The Hall–Kier alpha value is -1.74. The van der Waals surface area contributed by atoms with E-state index in [1.165, 1.54) is 24.8 Å². The Bertz CT molecular complexity index is 711. The Morgan fingerprint density at radius 2 is 1.76 bits per heavy atom. The number of nitrogens with zero attached hydrogens (tertiary/aromatic N) is 3. The van der Waals surface area contributed by atoms with E-state index in [9.17, 15) is 0 Å². The predicted octanol–water partition coefficient (Wildman–Crippen LogP) is 3.51. The van der Waals surface area contributed by atoms with Gasteiger partial charge in [0.1, 0.15) is 5.75 Å². The first-order valence-corrected chi connectivity index (χ1v) is 10.2. The fourth-order valence-electron chi connectivity index (χ4n) is 3.75. The van der Waals surface area contributed by atoms with Gasteiger partial charge in [-0.3, -0.25) is 9.89 Å². The van der Waals surface area contributed by atoms with Gasteiger partial charge in [0.25, 0.3) is 0 Å². The molecule has 0 radical (unpaired) electrons. The van der Waals surface area contributed by atoms with E-state index in [1.54, 1.807) is 7.11 Å². The number of hydrogen-bond acceptors (Lipinski definition) is 3. The molecule has 2 aromatic rings. The highest BCUT2D eigenvalue weighted by Crippen LogP contribution is 2.25. The van der Waals surface area contributed by atoms with Gasteiger partial charge in [0, 0.05) is 39.1 Å². The Morgan fingerprint density at radius 1 is 1.07 bits per heavy atom. The maximum absolute atomic E-state index is 5.32. The van der Waals surface area contributed by atoms with Gasteiger partial charge in [-0.15, -0.1) is 24.0 Å². The molecule has 1 aromatic carbocycles. The summed E-state index contributed by atoms with van der Waals surface area (Å²) in [7, 11) is 3.54. The summed E-state index contributed by atoms with van der Waals surface area (Å²) < 4.78 is 7.49. The monoisotopic (exact) mass is 511 g/mol. The van der Waals surface area contributed by atoms with Gasteiger partial charge in [0.2, 0.25) is 0 Å². The predicted molar refractivity (Wildman–Crippen MR) is 130 cm³/mol. The van der Waals surface area contributed by atoms with Gasteiger partial charge >= 0.3 is 0 Å². The van der Waals surface area contributed by atoms with Gasteiger partial charge in [-0.2, -0.15) is 0 Å². The quantitative estimate of drug-likeness (QED) is 0.324. The zero-order chi connectivity index (χ0) is 19.6. The summed E-state index contributed by atoms with van der Waals surface area (Å²) in [5.41, 5.74) is 1.32. The lowest BCUT2D eigenvalue weighted by molar-refractivity contribution is 0.164. The summed E-state index contributed by atoms with van der Waals surface area (Å²) in [6.45, 7) is 4.89. The average molecular weight is 511 g/mol. The standard InChI is InChI=1S/C22H33N5O.HI/c1-23-22(24-12-17-26-13-6-7-14-26)25-18-21(27-15-4-3-5-16-27)19-8-10-20(28-2)11-9-19;/h6-11,13-14,21H,3-5,12,15-18H2,1-2H3,(H2,23,24,25);1H. The Labute approximate surface area is 191 Å². The van der Waals surface area contributed by atoms with E-state index in [0.29, 0.717) is 6.04 Å². The van der Waals surface area contributed by atoms with Crippen molar-refractivity contribution in [2.24, 2.45) is 4.99 Å². The highest BCUT2D eigenvalue weighted by atomic mass is 127. The molecule has 1 saturated heterocycles. The minimum absolute atomic E-state index is 0. The Morgan fingerprint density at radius 3 is 2.38 bits per heavy atom. The van der Waals surface area contributed by atoms with Crippen LogP contribution in [0, 0.1) is 0 Å². The van der Waals surface area contributed by atoms with Crippen molar-refractivity contribution in [3.63, 3.8) is 0 Å². The number of methoxy groups -OCH3 is 1. The van der Waals surface area contributed by atoms with Crippen molar-refractivity contribution in [2.75, 3.05) is 40.3 Å². The molecule has 1 atom stereocenters. The van der Waals surface area contributed by atoms with Crippen molar-refractivity contribution in [3.05, 3.63) is 54.4 Å². The van der Waals surface area contributed by atoms with E-state index in [1.807, 2.05) is 19.2 Å². The number of halogens is 1. The number of likely N-dealkylation sites (tertiary alicyclic amines) is 1. The topological polar surface area (TPSA) is 53.8 Å². The number of hydrogen-bond donors (Lipinski definition) is 2. The van der Waals surface area contributed by atoms with Crippen LogP contribution in [0.1, 0.15) is 30.9 Å². The number of nitrogens with one attached hydrogen (secondary N) is 2. The molecule has 29 heavy (non-hydrogen) atoms. The largest absolute Gasteiger partial charge is 0.497 e. The number of aliphatic imine (C=N–C) groups is 1. The zero-order valence-electron chi connectivity index (χ0n) is 17.5. The normalized spacial score (nSPS) is 16.0. The van der Waals surface area contributed by atoms with Crippen molar-refractivity contribution >= 4 is 29.9 Å². The Balaban J connectivity index is 0.00000300. The SMILES string of the molecule is CN=C(NCCn1cccc1)NCC(c1ccc(OC)cc1)N1CCCCC1.I. The second kappa shape index (κ2) is 12.7. The smallest absolute Gasteiger partial charge is 0.191 e. The van der Waals surface area contributed by atoms with Gasteiger partial charge in [0.15, 0.2) is 5.96 Å². The van der Waals surface area contributed by atoms with Gasteiger partial charge < -0.3 is 19.9 Å². The van der Waals surface area contributed by atoms with Crippen LogP contribution >= 0.6 is 24.0 Å². The number of benzene rings is 1. The third-order valence-corrected chi connectivity index (χ3v) is 5.35. The third-order valence-electron chi connectivity index (χ3n) is 5.35. The van der Waals surface area contributed by atoms with Crippen molar-refractivity contribution in [3.8, 4) is 5.75 Å². The van der Waals surface area contributed by atoms with Crippen LogP contribution in [0.4, 0.5) is 0 Å². The summed E-state index contributed by atoms with van der Waals surface area (Å²) >= 11 is 0. The molecule has 1 aliphatic heterocycles. The molecule has 2 heterocycles. The summed E-state index contributed by atoms with van der Waals surface area (Å²) in [6, 6.07) is 12.9. The molecule has 1 unspecified atom stereocenters. The van der Waals surface area contributed by atoms with Crippen LogP contribution in [0.5, 0.6) is 5.75 Å². The second-order valence-corrected chi connectivity index (χ2v) is 7.19. The molecule has 0 bridgehead atoms. The summed E-state index contributed by atoms with van der Waals surface area (Å²) in [5, 5.41) is 6.95. The highest BCUT2D eigenvalue weighted by molar-refractivity contribution is 14.0. The van der Waals surface area contributed by atoms with E-state index < -0.39 is 0 Å². The lowest BCUT2D eigenvalue weighted by atomic mass is 10.0. The fraction of sp³-hybridized carbons (Fsp3) is 0.500. The Kier molecular flexibility index (Phi) is 10.3. The molecule has 0 saturated carbocycles. The first-order valence-electron chi connectivity index (χ1n) is 10.2. The molecular formula is C22H34IN5O. The van der Waals surface area contributed by atoms with E-state index >= 15 is 0 Å². The van der Waals surface area contributed by atoms with Crippen LogP contribution in [0.3, 0.4) is 0 Å². The van der Waals surface area contributed by atoms with Crippen LogP contribution < -0.4 is 15.4 Å². The second-order valence-electron chi connectivity index (χ2n) is 7.19. The van der Waals surface area contributed by atoms with E-state index in [0.717, 1.165) is 44.4 Å². The van der Waals surface area contributed by atoms with Gasteiger partial charge in [-0.05, 0) is 55.8 Å². The molecule has 7 heteroatoms. The molecule has 6 nitrogen and oxygen atoms in total. The molecule has 160 valence electrons. The number of piperidine rings is 1. The van der Waals surface area contributed by atoms with Crippen LogP contribution in [-0.2, 0) is 6.54 Å². The molecule has 1 aromatic heterocycles. The number of rotatable bonds is 8.